The number of halogens is 2. The number of benzene rings is 1. The summed E-state index contributed by atoms with van der Waals surface area (Å²) in [6.07, 6.45) is 2.17. The zero-order chi connectivity index (χ0) is 14.1. The molecule has 0 atom stereocenters. The Morgan fingerprint density at radius 1 is 1.05 bits per heavy atom. The second-order valence-electron chi connectivity index (χ2n) is 4.52. The molecular weight excluding hydrogens is 299 g/mol. The lowest BCUT2D eigenvalue weighted by atomic mass is 10.3. The molecule has 1 fully saturated rings. The Bertz CT molecular complexity index is 622. The lowest BCUT2D eigenvalue weighted by Crippen LogP contribution is -1.98. The number of hydrogen-bond donors (Lipinski definition) is 0. The van der Waals surface area contributed by atoms with E-state index in [-0.39, 0.29) is 16.1 Å². The van der Waals surface area contributed by atoms with Gasteiger partial charge < -0.3 is 9.47 Å². The number of methoxy groups -OCH3 is 1. The normalized spacial score (nSPS) is 14.2. The fraction of sp³-hybridized carbons (Fsp3) is 0.286. The van der Waals surface area contributed by atoms with Crippen LogP contribution in [0.3, 0.4) is 0 Å². The minimum absolute atomic E-state index is 0.220. The smallest absolute Gasteiger partial charge is 0.202 e. The molecular formula is C14H12Cl2N2O2. The summed E-state index contributed by atoms with van der Waals surface area (Å²) in [7, 11) is 1.57. The van der Waals surface area contributed by atoms with Gasteiger partial charge in [-0.1, -0.05) is 35.3 Å². The standard InChI is InChI=1S/C14H12Cl2N2O2/c1-19-9-4-2-3-5-10(9)20-11-12(15)17-14(8-6-7-8)18-13(11)16/h2-5,8H,6-7H2,1H3. The van der Waals surface area contributed by atoms with Crippen LogP contribution in [0.15, 0.2) is 24.3 Å². The van der Waals surface area contributed by atoms with Crippen molar-refractivity contribution in [2.24, 2.45) is 0 Å². The fourth-order valence-corrected chi connectivity index (χ4v) is 2.31. The van der Waals surface area contributed by atoms with E-state index in [0.717, 1.165) is 12.8 Å². The van der Waals surface area contributed by atoms with E-state index in [4.69, 9.17) is 32.7 Å². The first-order valence-electron chi connectivity index (χ1n) is 6.23. The van der Waals surface area contributed by atoms with Crippen molar-refractivity contribution < 1.29 is 9.47 Å². The van der Waals surface area contributed by atoms with Crippen LogP contribution in [-0.4, -0.2) is 17.1 Å². The monoisotopic (exact) mass is 310 g/mol. The first kappa shape index (κ1) is 13.5. The number of ether oxygens (including phenoxy) is 2. The van der Waals surface area contributed by atoms with Crippen LogP contribution < -0.4 is 9.47 Å². The Balaban J connectivity index is 1.94. The minimum Gasteiger partial charge on any atom is -0.493 e. The van der Waals surface area contributed by atoms with Crippen molar-refractivity contribution >= 4 is 23.2 Å². The molecule has 1 aliphatic carbocycles. The molecule has 0 N–H and O–H groups in total. The maximum atomic E-state index is 6.15. The quantitative estimate of drug-likeness (QED) is 0.782. The van der Waals surface area contributed by atoms with E-state index in [1.54, 1.807) is 19.2 Å². The third-order valence-corrected chi connectivity index (χ3v) is 3.54. The largest absolute Gasteiger partial charge is 0.493 e. The molecule has 0 amide bonds. The molecule has 1 aliphatic rings. The second-order valence-corrected chi connectivity index (χ2v) is 5.24. The van der Waals surface area contributed by atoms with Crippen molar-refractivity contribution in [3.05, 3.63) is 40.4 Å². The summed E-state index contributed by atoms with van der Waals surface area (Å²) in [6, 6.07) is 7.23. The maximum absolute atomic E-state index is 6.15. The van der Waals surface area contributed by atoms with E-state index >= 15 is 0 Å². The molecule has 1 saturated carbocycles. The van der Waals surface area contributed by atoms with E-state index < -0.39 is 0 Å². The Morgan fingerprint density at radius 3 is 2.20 bits per heavy atom. The van der Waals surface area contributed by atoms with Gasteiger partial charge >= 0.3 is 0 Å². The number of aromatic nitrogens is 2. The Kier molecular flexibility index (Phi) is 3.68. The molecule has 2 aromatic rings. The van der Waals surface area contributed by atoms with Crippen molar-refractivity contribution in [3.8, 4) is 17.2 Å². The minimum atomic E-state index is 0.220. The van der Waals surface area contributed by atoms with Gasteiger partial charge in [0.2, 0.25) is 5.75 Å². The van der Waals surface area contributed by atoms with Crippen LogP contribution in [0.4, 0.5) is 0 Å². The van der Waals surface area contributed by atoms with Gasteiger partial charge in [-0.15, -0.1) is 0 Å². The molecule has 0 spiro atoms. The number of nitrogens with zero attached hydrogens (tertiary/aromatic N) is 2. The van der Waals surface area contributed by atoms with Crippen LogP contribution in [0, 0.1) is 0 Å². The molecule has 1 aromatic carbocycles. The average Bonchev–Trinajstić information content (AvgIpc) is 3.27. The summed E-state index contributed by atoms with van der Waals surface area (Å²) >= 11 is 12.3. The molecule has 0 bridgehead atoms. The maximum Gasteiger partial charge on any atom is 0.202 e. The highest BCUT2D eigenvalue weighted by molar-refractivity contribution is 6.35. The van der Waals surface area contributed by atoms with Crippen molar-refractivity contribution in [3.63, 3.8) is 0 Å². The van der Waals surface area contributed by atoms with Gasteiger partial charge in [0, 0.05) is 5.92 Å². The zero-order valence-electron chi connectivity index (χ0n) is 10.8. The van der Waals surface area contributed by atoms with E-state index in [9.17, 15) is 0 Å². The predicted molar refractivity (Wildman–Crippen MR) is 77.1 cm³/mol. The van der Waals surface area contributed by atoms with E-state index in [1.807, 2.05) is 12.1 Å². The van der Waals surface area contributed by atoms with Crippen molar-refractivity contribution in [2.75, 3.05) is 7.11 Å². The van der Waals surface area contributed by atoms with Crippen LogP contribution in [0.2, 0.25) is 10.3 Å². The molecule has 0 radical (unpaired) electrons. The number of para-hydroxylation sites is 2. The summed E-state index contributed by atoms with van der Waals surface area (Å²) in [4.78, 5) is 8.50. The third kappa shape index (κ3) is 2.67. The first-order chi connectivity index (χ1) is 9.69. The summed E-state index contributed by atoms with van der Waals surface area (Å²) < 4.78 is 10.9. The lowest BCUT2D eigenvalue weighted by Gasteiger charge is -2.12. The average molecular weight is 311 g/mol. The van der Waals surface area contributed by atoms with Crippen LogP contribution in [0.1, 0.15) is 24.6 Å². The third-order valence-electron chi connectivity index (χ3n) is 3.02. The molecule has 0 unspecified atom stereocenters. The van der Waals surface area contributed by atoms with Gasteiger partial charge in [0.15, 0.2) is 21.8 Å². The Morgan fingerprint density at radius 2 is 1.65 bits per heavy atom. The van der Waals surface area contributed by atoms with Gasteiger partial charge in [-0.05, 0) is 25.0 Å². The highest BCUT2D eigenvalue weighted by atomic mass is 35.5. The topological polar surface area (TPSA) is 44.2 Å². The molecule has 1 heterocycles. The number of rotatable bonds is 4. The summed E-state index contributed by atoms with van der Waals surface area (Å²) in [6.45, 7) is 0. The molecule has 1 aromatic heterocycles. The van der Waals surface area contributed by atoms with Crippen LogP contribution in [-0.2, 0) is 0 Å². The van der Waals surface area contributed by atoms with Gasteiger partial charge in [-0.3, -0.25) is 0 Å². The zero-order valence-corrected chi connectivity index (χ0v) is 12.3. The SMILES string of the molecule is COc1ccccc1Oc1c(Cl)nc(C2CC2)nc1Cl. The highest BCUT2D eigenvalue weighted by Crippen LogP contribution is 2.42. The number of hydrogen-bond acceptors (Lipinski definition) is 4. The lowest BCUT2D eigenvalue weighted by molar-refractivity contribution is 0.378. The van der Waals surface area contributed by atoms with Gasteiger partial charge in [-0.25, -0.2) is 9.97 Å². The Hall–Kier alpha value is -1.52. The highest BCUT2D eigenvalue weighted by Gasteiger charge is 2.28. The molecule has 0 saturated heterocycles. The molecule has 0 aliphatic heterocycles. The van der Waals surface area contributed by atoms with Gasteiger partial charge in [-0.2, -0.15) is 0 Å². The second kappa shape index (κ2) is 5.46. The molecule has 3 rings (SSSR count). The van der Waals surface area contributed by atoms with Gasteiger partial charge in [0.1, 0.15) is 5.82 Å². The van der Waals surface area contributed by atoms with E-state index in [1.165, 1.54) is 0 Å². The van der Waals surface area contributed by atoms with E-state index in [2.05, 4.69) is 9.97 Å². The Labute approximate surface area is 126 Å². The van der Waals surface area contributed by atoms with Crippen molar-refractivity contribution in [2.45, 2.75) is 18.8 Å². The van der Waals surface area contributed by atoms with Crippen molar-refractivity contribution in [1.29, 1.82) is 0 Å². The molecule has 4 nitrogen and oxygen atoms in total. The molecule has 104 valence electrons. The van der Waals surface area contributed by atoms with Crippen LogP contribution >= 0.6 is 23.2 Å². The van der Waals surface area contributed by atoms with Crippen molar-refractivity contribution in [1.82, 2.24) is 9.97 Å². The van der Waals surface area contributed by atoms with Crippen LogP contribution in [0.25, 0.3) is 0 Å². The molecule has 20 heavy (non-hydrogen) atoms. The first-order valence-corrected chi connectivity index (χ1v) is 6.98. The summed E-state index contributed by atoms with van der Waals surface area (Å²) in [5.41, 5.74) is 0. The predicted octanol–water partition coefficient (Wildman–Crippen LogP) is 4.46. The van der Waals surface area contributed by atoms with Gasteiger partial charge in [0.05, 0.1) is 7.11 Å². The van der Waals surface area contributed by atoms with Crippen LogP contribution in [0.5, 0.6) is 17.2 Å². The fourth-order valence-electron chi connectivity index (χ4n) is 1.83. The summed E-state index contributed by atoms with van der Waals surface area (Å²) in [5.74, 6) is 2.42. The summed E-state index contributed by atoms with van der Waals surface area (Å²) in [5, 5.41) is 0.440. The molecule has 6 heteroatoms. The van der Waals surface area contributed by atoms with Gasteiger partial charge in [0.25, 0.3) is 0 Å². The van der Waals surface area contributed by atoms with E-state index in [0.29, 0.717) is 23.2 Å².